The molecule has 0 aromatic heterocycles. The zero-order chi connectivity index (χ0) is 18.1. The molecule has 1 amide bonds. The first-order valence-corrected chi connectivity index (χ1v) is 8.81. The maximum Gasteiger partial charge on any atom is 0.260 e. The molecule has 1 N–H and O–H groups in total. The highest BCUT2D eigenvalue weighted by molar-refractivity contribution is 5.80. The Balaban J connectivity index is 1.68. The lowest BCUT2D eigenvalue weighted by Crippen LogP contribution is -2.38. The van der Waals surface area contributed by atoms with Gasteiger partial charge in [-0.05, 0) is 50.1 Å². The van der Waals surface area contributed by atoms with Crippen molar-refractivity contribution in [2.45, 2.75) is 39.7 Å². The highest BCUT2D eigenvalue weighted by Crippen LogP contribution is 2.14. The molecular formula is C21H27NO3. The van der Waals surface area contributed by atoms with Crippen molar-refractivity contribution in [3.05, 3.63) is 59.7 Å². The summed E-state index contributed by atoms with van der Waals surface area (Å²) < 4.78 is 11.3. The Hall–Kier alpha value is -2.49. The van der Waals surface area contributed by atoms with Crippen LogP contribution < -0.4 is 14.8 Å². The minimum atomic E-state index is -0.545. The SMILES string of the molecule is CCCc1ccc(OCCNC(=O)C(C)Oc2ccc(C)cc2)cc1. The molecule has 2 aromatic rings. The van der Waals surface area contributed by atoms with Crippen LogP contribution in [0.25, 0.3) is 0 Å². The number of rotatable bonds is 9. The summed E-state index contributed by atoms with van der Waals surface area (Å²) in [5, 5.41) is 2.83. The van der Waals surface area contributed by atoms with E-state index in [9.17, 15) is 4.79 Å². The maximum absolute atomic E-state index is 12.1. The molecule has 0 radical (unpaired) electrons. The molecule has 25 heavy (non-hydrogen) atoms. The largest absolute Gasteiger partial charge is 0.492 e. The number of ether oxygens (including phenoxy) is 2. The van der Waals surface area contributed by atoms with Gasteiger partial charge in [0.15, 0.2) is 6.10 Å². The topological polar surface area (TPSA) is 47.6 Å². The van der Waals surface area contributed by atoms with Crippen molar-refractivity contribution >= 4 is 5.91 Å². The van der Waals surface area contributed by atoms with E-state index in [1.165, 1.54) is 5.56 Å². The zero-order valence-electron chi connectivity index (χ0n) is 15.2. The molecule has 0 fully saturated rings. The summed E-state index contributed by atoms with van der Waals surface area (Å²) in [7, 11) is 0. The summed E-state index contributed by atoms with van der Waals surface area (Å²) in [4.78, 5) is 12.1. The van der Waals surface area contributed by atoms with Crippen LogP contribution in [0.4, 0.5) is 0 Å². The lowest BCUT2D eigenvalue weighted by Gasteiger charge is -2.15. The monoisotopic (exact) mass is 341 g/mol. The molecule has 0 aliphatic heterocycles. The van der Waals surface area contributed by atoms with Crippen LogP contribution in [0.1, 0.15) is 31.4 Å². The third-order valence-corrected chi connectivity index (χ3v) is 3.84. The summed E-state index contributed by atoms with van der Waals surface area (Å²) in [6, 6.07) is 15.7. The molecule has 0 aliphatic rings. The molecule has 2 aromatic carbocycles. The third-order valence-electron chi connectivity index (χ3n) is 3.84. The van der Waals surface area contributed by atoms with E-state index < -0.39 is 6.10 Å². The van der Waals surface area contributed by atoms with Gasteiger partial charge in [0.25, 0.3) is 5.91 Å². The molecule has 2 rings (SSSR count). The molecule has 0 saturated carbocycles. The van der Waals surface area contributed by atoms with Gasteiger partial charge >= 0.3 is 0 Å². The fourth-order valence-electron chi connectivity index (χ4n) is 2.40. The summed E-state index contributed by atoms with van der Waals surface area (Å²) in [6.07, 6.45) is 1.67. The van der Waals surface area contributed by atoms with Crippen molar-refractivity contribution in [1.29, 1.82) is 0 Å². The fourth-order valence-corrected chi connectivity index (χ4v) is 2.40. The van der Waals surface area contributed by atoms with Crippen LogP contribution >= 0.6 is 0 Å². The van der Waals surface area contributed by atoms with Crippen LogP contribution in [-0.4, -0.2) is 25.2 Å². The molecular weight excluding hydrogens is 314 g/mol. The van der Waals surface area contributed by atoms with Crippen LogP contribution in [0.3, 0.4) is 0 Å². The smallest absolute Gasteiger partial charge is 0.260 e. The van der Waals surface area contributed by atoms with E-state index in [1.54, 1.807) is 6.92 Å². The molecule has 4 nitrogen and oxygen atoms in total. The second kappa shape index (κ2) is 9.72. The van der Waals surface area contributed by atoms with Crippen LogP contribution in [-0.2, 0) is 11.2 Å². The van der Waals surface area contributed by atoms with Crippen molar-refractivity contribution in [3.63, 3.8) is 0 Å². The van der Waals surface area contributed by atoms with Crippen molar-refractivity contribution in [2.75, 3.05) is 13.2 Å². The Kier molecular flexibility index (Phi) is 7.33. The molecule has 0 spiro atoms. The van der Waals surface area contributed by atoms with Crippen molar-refractivity contribution in [3.8, 4) is 11.5 Å². The second-order valence-corrected chi connectivity index (χ2v) is 6.11. The summed E-state index contributed by atoms with van der Waals surface area (Å²) in [6.45, 7) is 6.78. The van der Waals surface area contributed by atoms with Gasteiger partial charge in [-0.25, -0.2) is 0 Å². The van der Waals surface area contributed by atoms with Gasteiger partial charge in [-0.15, -0.1) is 0 Å². The van der Waals surface area contributed by atoms with Gasteiger partial charge < -0.3 is 14.8 Å². The maximum atomic E-state index is 12.1. The number of benzene rings is 2. The predicted molar refractivity (Wildman–Crippen MR) is 100 cm³/mol. The zero-order valence-corrected chi connectivity index (χ0v) is 15.2. The van der Waals surface area contributed by atoms with Crippen LogP contribution in [0.15, 0.2) is 48.5 Å². The minimum absolute atomic E-state index is 0.150. The number of amides is 1. The Morgan fingerprint density at radius 2 is 1.68 bits per heavy atom. The highest BCUT2D eigenvalue weighted by atomic mass is 16.5. The van der Waals surface area contributed by atoms with E-state index in [-0.39, 0.29) is 5.91 Å². The Morgan fingerprint density at radius 1 is 1.04 bits per heavy atom. The quantitative estimate of drug-likeness (QED) is 0.704. The summed E-state index contributed by atoms with van der Waals surface area (Å²) in [5.41, 5.74) is 2.47. The molecule has 134 valence electrons. The standard InChI is InChI=1S/C21H27NO3/c1-4-5-18-8-12-19(13-9-18)24-15-14-22-21(23)17(3)25-20-10-6-16(2)7-11-20/h6-13,17H,4-5,14-15H2,1-3H3,(H,22,23). The lowest BCUT2D eigenvalue weighted by atomic mass is 10.1. The molecule has 0 saturated heterocycles. The minimum Gasteiger partial charge on any atom is -0.492 e. The number of hydrogen-bond donors (Lipinski definition) is 1. The first-order chi connectivity index (χ1) is 12.1. The number of carbonyl (C=O) groups excluding carboxylic acids is 1. The summed E-state index contributed by atoms with van der Waals surface area (Å²) >= 11 is 0. The summed E-state index contributed by atoms with van der Waals surface area (Å²) in [5.74, 6) is 1.36. The lowest BCUT2D eigenvalue weighted by molar-refractivity contribution is -0.127. The molecule has 4 heteroatoms. The van der Waals surface area contributed by atoms with E-state index in [2.05, 4.69) is 24.4 Å². The second-order valence-electron chi connectivity index (χ2n) is 6.11. The van der Waals surface area contributed by atoms with Crippen LogP contribution in [0.2, 0.25) is 0 Å². The van der Waals surface area contributed by atoms with E-state index in [0.717, 1.165) is 24.2 Å². The predicted octanol–water partition coefficient (Wildman–Crippen LogP) is 3.91. The first-order valence-electron chi connectivity index (χ1n) is 8.81. The van der Waals surface area contributed by atoms with Crippen LogP contribution in [0, 0.1) is 6.92 Å². The van der Waals surface area contributed by atoms with Gasteiger partial charge in [0.05, 0.1) is 6.54 Å². The van der Waals surface area contributed by atoms with Gasteiger partial charge in [0.2, 0.25) is 0 Å². The molecule has 0 bridgehead atoms. The normalized spacial score (nSPS) is 11.6. The third kappa shape index (κ3) is 6.49. The highest BCUT2D eigenvalue weighted by Gasteiger charge is 2.13. The van der Waals surface area contributed by atoms with E-state index in [1.807, 2.05) is 43.3 Å². The van der Waals surface area contributed by atoms with Crippen molar-refractivity contribution < 1.29 is 14.3 Å². The van der Waals surface area contributed by atoms with E-state index in [4.69, 9.17) is 9.47 Å². The molecule has 0 aliphatic carbocycles. The number of carbonyl (C=O) groups is 1. The van der Waals surface area contributed by atoms with Gasteiger partial charge in [-0.1, -0.05) is 43.2 Å². The Labute approximate surface area is 150 Å². The fraction of sp³-hybridized carbons (Fsp3) is 0.381. The van der Waals surface area contributed by atoms with Gasteiger partial charge in [-0.3, -0.25) is 4.79 Å². The average Bonchev–Trinajstić information content (AvgIpc) is 2.62. The number of aryl methyl sites for hydroxylation is 2. The van der Waals surface area contributed by atoms with Crippen LogP contribution in [0.5, 0.6) is 11.5 Å². The molecule has 1 unspecified atom stereocenters. The van der Waals surface area contributed by atoms with E-state index in [0.29, 0.717) is 18.9 Å². The van der Waals surface area contributed by atoms with Gasteiger partial charge in [0.1, 0.15) is 18.1 Å². The first kappa shape index (κ1) is 18.8. The molecule has 1 atom stereocenters. The van der Waals surface area contributed by atoms with Gasteiger partial charge in [-0.2, -0.15) is 0 Å². The Bertz CT molecular complexity index is 650. The Morgan fingerprint density at radius 3 is 2.32 bits per heavy atom. The molecule has 0 heterocycles. The van der Waals surface area contributed by atoms with Crippen molar-refractivity contribution in [1.82, 2.24) is 5.32 Å². The van der Waals surface area contributed by atoms with E-state index >= 15 is 0 Å². The van der Waals surface area contributed by atoms with Crippen molar-refractivity contribution in [2.24, 2.45) is 0 Å². The number of nitrogens with one attached hydrogen (secondary N) is 1. The average molecular weight is 341 g/mol. The number of hydrogen-bond acceptors (Lipinski definition) is 3. The van der Waals surface area contributed by atoms with Gasteiger partial charge in [0, 0.05) is 0 Å².